The zero-order valence-corrected chi connectivity index (χ0v) is 8.26. The molecule has 0 spiro atoms. The summed E-state index contributed by atoms with van der Waals surface area (Å²) in [6.07, 6.45) is 1.81. The van der Waals surface area contributed by atoms with E-state index in [2.05, 4.69) is 0 Å². The minimum absolute atomic E-state index is 0.0205. The van der Waals surface area contributed by atoms with E-state index in [1.807, 2.05) is 0 Å². The molecule has 0 aliphatic heterocycles. The predicted octanol–water partition coefficient (Wildman–Crippen LogP) is 1.68. The van der Waals surface area contributed by atoms with Gasteiger partial charge < -0.3 is 4.79 Å². The average molecular weight is 184 g/mol. The van der Waals surface area contributed by atoms with Gasteiger partial charge in [0.1, 0.15) is 17.3 Å². The maximum absolute atomic E-state index is 11.1. The van der Waals surface area contributed by atoms with Gasteiger partial charge in [0, 0.05) is 19.3 Å². The van der Waals surface area contributed by atoms with Crippen LogP contribution in [0.2, 0.25) is 0 Å². The molecule has 3 nitrogen and oxygen atoms in total. The summed E-state index contributed by atoms with van der Waals surface area (Å²) in [6.45, 7) is 3.24. The van der Waals surface area contributed by atoms with Crippen molar-refractivity contribution >= 4 is 17.3 Å². The minimum Gasteiger partial charge on any atom is -0.300 e. The quantitative estimate of drug-likeness (QED) is 0.566. The van der Waals surface area contributed by atoms with E-state index >= 15 is 0 Å². The number of ketones is 3. The SMILES string of the molecule is CCC(=O)CC(=O)CCCC(C)=O. The van der Waals surface area contributed by atoms with Crippen molar-refractivity contribution in [1.29, 1.82) is 0 Å². The maximum Gasteiger partial charge on any atom is 0.140 e. The highest BCUT2D eigenvalue weighted by Crippen LogP contribution is 2.01. The van der Waals surface area contributed by atoms with Crippen molar-refractivity contribution in [3.8, 4) is 0 Å². The van der Waals surface area contributed by atoms with Crippen LogP contribution >= 0.6 is 0 Å². The highest BCUT2D eigenvalue weighted by Gasteiger charge is 2.07. The van der Waals surface area contributed by atoms with Crippen LogP contribution in [0, 0.1) is 0 Å². The van der Waals surface area contributed by atoms with Crippen molar-refractivity contribution in [2.45, 2.75) is 46.0 Å². The van der Waals surface area contributed by atoms with Crippen LogP contribution in [0.1, 0.15) is 46.0 Å². The van der Waals surface area contributed by atoms with E-state index in [0.717, 1.165) is 0 Å². The summed E-state index contributed by atoms with van der Waals surface area (Å²) in [6, 6.07) is 0. The van der Waals surface area contributed by atoms with Gasteiger partial charge in [0.15, 0.2) is 0 Å². The molecule has 0 bridgehead atoms. The molecule has 0 aliphatic rings. The van der Waals surface area contributed by atoms with Crippen LogP contribution in [-0.4, -0.2) is 17.3 Å². The third kappa shape index (κ3) is 7.37. The topological polar surface area (TPSA) is 51.2 Å². The van der Waals surface area contributed by atoms with Crippen LogP contribution in [-0.2, 0) is 14.4 Å². The van der Waals surface area contributed by atoms with E-state index in [4.69, 9.17) is 0 Å². The molecule has 0 heterocycles. The molecule has 0 saturated heterocycles. The van der Waals surface area contributed by atoms with E-state index in [1.165, 1.54) is 6.92 Å². The van der Waals surface area contributed by atoms with Crippen molar-refractivity contribution in [2.75, 3.05) is 0 Å². The predicted molar refractivity (Wildman–Crippen MR) is 49.5 cm³/mol. The number of hydrogen-bond donors (Lipinski definition) is 0. The summed E-state index contributed by atoms with van der Waals surface area (Å²) in [5, 5.41) is 0. The third-order valence-corrected chi connectivity index (χ3v) is 1.77. The molecule has 0 amide bonds. The second-order valence-corrected chi connectivity index (χ2v) is 3.16. The largest absolute Gasteiger partial charge is 0.300 e. The Kier molecular flexibility index (Phi) is 6.02. The normalized spacial score (nSPS) is 9.69. The van der Waals surface area contributed by atoms with Gasteiger partial charge in [-0.3, -0.25) is 9.59 Å². The van der Waals surface area contributed by atoms with Gasteiger partial charge in [-0.25, -0.2) is 0 Å². The van der Waals surface area contributed by atoms with Crippen LogP contribution < -0.4 is 0 Å². The van der Waals surface area contributed by atoms with Crippen molar-refractivity contribution in [3.63, 3.8) is 0 Å². The third-order valence-electron chi connectivity index (χ3n) is 1.77. The Morgan fingerprint density at radius 1 is 1.00 bits per heavy atom. The fraction of sp³-hybridized carbons (Fsp3) is 0.700. The number of Topliss-reactive ketones (excluding diaryl/α,β-unsaturated/α-hetero) is 3. The second-order valence-electron chi connectivity index (χ2n) is 3.16. The second kappa shape index (κ2) is 6.52. The molecule has 0 aliphatic carbocycles. The van der Waals surface area contributed by atoms with Crippen molar-refractivity contribution in [2.24, 2.45) is 0 Å². The van der Waals surface area contributed by atoms with Crippen LogP contribution in [0.3, 0.4) is 0 Å². The lowest BCUT2D eigenvalue weighted by molar-refractivity contribution is -0.126. The van der Waals surface area contributed by atoms with Crippen LogP contribution in [0.15, 0.2) is 0 Å². The Hall–Kier alpha value is -0.990. The number of carbonyl (C=O) groups is 3. The van der Waals surface area contributed by atoms with Gasteiger partial charge >= 0.3 is 0 Å². The summed E-state index contributed by atoms with van der Waals surface area (Å²) >= 11 is 0. The lowest BCUT2D eigenvalue weighted by Gasteiger charge is -1.97. The van der Waals surface area contributed by atoms with Crippen molar-refractivity contribution in [3.05, 3.63) is 0 Å². The van der Waals surface area contributed by atoms with Gasteiger partial charge in [0.05, 0.1) is 6.42 Å². The lowest BCUT2D eigenvalue weighted by Crippen LogP contribution is -2.06. The summed E-state index contributed by atoms with van der Waals surface area (Å²) < 4.78 is 0. The molecule has 0 saturated carbocycles. The monoisotopic (exact) mass is 184 g/mol. The van der Waals surface area contributed by atoms with E-state index in [-0.39, 0.29) is 23.8 Å². The average Bonchev–Trinajstić information content (AvgIpc) is 2.03. The summed E-state index contributed by atoms with van der Waals surface area (Å²) in [7, 11) is 0. The first-order chi connectivity index (χ1) is 6.06. The van der Waals surface area contributed by atoms with E-state index in [0.29, 0.717) is 25.7 Å². The Morgan fingerprint density at radius 2 is 1.62 bits per heavy atom. The zero-order chi connectivity index (χ0) is 10.3. The maximum atomic E-state index is 11.1. The Balaban J connectivity index is 3.52. The molecule has 0 N–H and O–H groups in total. The van der Waals surface area contributed by atoms with Crippen molar-refractivity contribution < 1.29 is 14.4 Å². The number of hydrogen-bond acceptors (Lipinski definition) is 3. The molecule has 0 rings (SSSR count). The van der Waals surface area contributed by atoms with Gasteiger partial charge in [0.2, 0.25) is 0 Å². The molecule has 0 atom stereocenters. The van der Waals surface area contributed by atoms with Crippen LogP contribution in [0.4, 0.5) is 0 Å². The first-order valence-electron chi connectivity index (χ1n) is 4.59. The summed E-state index contributed by atoms with van der Waals surface area (Å²) in [5.74, 6) is 0.0237. The van der Waals surface area contributed by atoms with Crippen LogP contribution in [0.5, 0.6) is 0 Å². The van der Waals surface area contributed by atoms with Crippen LogP contribution in [0.25, 0.3) is 0 Å². The molecule has 0 fully saturated rings. The van der Waals surface area contributed by atoms with Gasteiger partial charge in [-0.1, -0.05) is 6.92 Å². The van der Waals surface area contributed by atoms with Crippen molar-refractivity contribution in [1.82, 2.24) is 0 Å². The molecular weight excluding hydrogens is 168 g/mol. The molecular formula is C10H16O3. The zero-order valence-electron chi connectivity index (χ0n) is 8.26. The molecule has 0 aromatic rings. The van der Waals surface area contributed by atoms with Gasteiger partial charge in [-0.15, -0.1) is 0 Å². The molecule has 13 heavy (non-hydrogen) atoms. The molecule has 0 unspecified atom stereocenters. The molecule has 0 aromatic heterocycles. The Morgan fingerprint density at radius 3 is 2.08 bits per heavy atom. The molecule has 0 radical (unpaired) electrons. The first-order valence-corrected chi connectivity index (χ1v) is 4.59. The van der Waals surface area contributed by atoms with Gasteiger partial charge in [-0.05, 0) is 13.3 Å². The lowest BCUT2D eigenvalue weighted by atomic mass is 10.1. The summed E-state index contributed by atoms with van der Waals surface area (Å²) in [5.41, 5.74) is 0. The Bertz CT molecular complexity index is 206. The fourth-order valence-electron chi connectivity index (χ4n) is 0.968. The smallest absolute Gasteiger partial charge is 0.140 e. The molecule has 0 aromatic carbocycles. The number of rotatable bonds is 7. The van der Waals surface area contributed by atoms with Gasteiger partial charge in [-0.2, -0.15) is 0 Å². The summed E-state index contributed by atoms with van der Waals surface area (Å²) in [4.78, 5) is 32.4. The first kappa shape index (κ1) is 12.0. The highest BCUT2D eigenvalue weighted by molar-refractivity contribution is 5.98. The fourth-order valence-corrected chi connectivity index (χ4v) is 0.968. The Labute approximate surface area is 78.5 Å². The van der Waals surface area contributed by atoms with E-state index in [9.17, 15) is 14.4 Å². The number of carbonyl (C=O) groups excluding carboxylic acids is 3. The van der Waals surface area contributed by atoms with E-state index in [1.54, 1.807) is 6.92 Å². The highest BCUT2D eigenvalue weighted by atomic mass is 16.1. The van der Waals surface area contributed by atoms with Gasteiger partial charge in [0.25, 0.3) is 0 Å². The molecule has 74 valence electrons. The van der Waals surface area contributed by atoms with E-state index < -0.39 is 0 Å². The molecule has 3 heteroatoms. The standard InChI is InChI=1S/C10H16O3/c1-3-9(12)7-10(13)6-4-5-8(2)11/h3-7H2,1-2H3. The minimum atomic E-state index is -0.0481.